The lowest BCUT2D eigenvalue weighted by atomic mass is 9.84. The van der Waals surface area contributed by atoms with E-state index in [4.69, 9.17) is 4.74 Å². The fraction of sp³-hybridized carbons (Fsp3) is 0.619. The Hall–Kier alpha value is -2.12. The van der Waals surface area contributed by atoms with E-state index in [1.165, 1.54) is 0 Å². The molecule has 2 heterocycles. The summed E-state index contributed by atoms with van der Waals surface area (Å²) in [5.74, 6) is 0.953. The van der Waals surface area contributed by atoms with Crippen LogP contribution in [-0.2, 0) is 16.1 Å². The molecule has 2 aliphatic heterocycles. The van der Waals surface area contributed by atoms with Crippen LogP contribution in [0.5, 0.6) is 0 Å². The average molecular weight is 389 g/mol. The zero-order valence-corrected chi connectivity index (χ0v) is 16.7. The molecule has 1 aromatic rings. The average Bonchev–Trinajstić information content (AvgIpc) is 3.18. The molecule has 0 aliphatic carbocycles. The van der Waals surface area contributed by atoms with E-state index in [2.05, 4.69) is 27.8 Å². The van der Waals surface area contributed by atoms with E-state index >= 15 is 0 Å². The molecule has 1 unspecified atom stereocenters. The molecule has 0 aromatic heterocycles. The van der Waals surface area contributed by atoms with Crippen LogP contribution in [0.2, 0.25) is 0 Å². The topological polar surface area (TPSA) is 86.2 Å². The maximum Gasteiger partial charge on any atom is 0.226 e. The first kappa shape index (κ1) is 20.6. The number of nitrogens with one attached hydrogen (secondary N) is 2. The quantitative estimate of drug-likeness (QED) is 0.489. The predicted octanol–water partition coefficient (Wildman–Crippen LogP) is 1.66. The number of hydrogen-bond donors (Lipinski definition) is 3. The van der Waals surface area contributed by atoms with Crippen LogP contribution in [0.25, 0.3) is 0 Å². The highest BCUT2D eigenvalue weighted by molar-refractivity contribution is 5.93. The summed E-state index contributed by atoms with van der Waals surface area (Å²) in [7, 11) is 1.75. The van der Waals surface area contributed by atoms with E-state index in [0.29, 0.717) is 19.6 Å². The number of ether oxygens (including phenoxy) is 1. The van der Waals surface area contributed by atoms with Crippen LogP contribution < -0.4 is 15.5 Å². The van der Waals surface area contributed by atoms with Crippen molar-refractivity contribution < 1.29 is 14.6 Å². The summed E-state index contributed by atoms with van der Waals surface area (Å²) in [6.07, 6.45) is 4.39. The number of aliphatic imine (C=N–C) groups is 1. The fourth-order valence-electron chi connectivity index (χ4n) is 3.86. The molecule has 7 heteroatoms. The van der Waals surface area contributed by atoms with Gasteiger partial charge >= 0.3 is 0 Å². The van der Waals surface area contributed by atoms with Crippen LogP contribution in [-0.4, -0.2) is 56.9 Å². The monoisotopic (exact) mass is 388 g/mol. The second-order valence-corrected chi connectivity index (χ2v) is 7.72. The lowest BCUT2D eigenvalue weighted by Crippen LogP contribution is -2.44. The Labute approximate surface area is 167 Å². The van der Waals surface area contributed by atoms with Crippen LogP contribution in [0.1, 0.15) is 37.7 Å². The number of nitrogens with zero attached hydrogens (tertiary/aromatic N) is 2. The molecule has 154 valence electrons. The van der Waals surface area contributed by atoms with E-state index in [-0.39, 0.29) is 17.9 Å². The maximum absolute atomic E-state index is 12.1. The zero-order chi connectivity index (χ0) is 19.8. The number of piperidine rings is 1. The van der Waals surface area contributed by atoms with Gasteiger partial charge in [-0.1, -0.05) is 12.1 Å². The molecule has 2 aliphatic rings. The van der Waals surface area contributed by atoms with Gasteiger partial charge in [-0.05, 0) is 43.4 Å². The third kappa shape index (κ3) is 5.23. The third-order valence-electron chi connectivity index (χ3n) is 5.71. The molecule has 28 heavy (non-hydrogen) atoms. The molecule has 0 bridgehead atoms. The number of benzene rings is 1. The minimum absolute atomic E-state index is 0.0189. The lowest BCUT2D eigenvalue weighted by Gasteiger charge is -2.28. The Balaban J connectivity index is 1.50. The standard InChI is InChI=1S/C21H32N4O3/c1-22-20(24-15-21(9-12-26)10-13-28-16-21)23-14-17-5-7-18(8-6-17)25-11-3-2-4-19(25)27/h5-8,26H,2-4,9-16H2,1H3,(H2,22,23,24). The van der Waals surface area contributed by atoms with Crippen molar-refractivity contribution in [1.29, 1.82) is 0 Å². The molecule has 0 saturated carbocycles. The van der Waals surface area contributed by atoms with Crippen LogP contribution in [0.3, 0.4) is 0 Å². The summed E-state index contributed by atoms with van der Waals surface area (Å²) in [4.78, 5) is 18.2. The summed E-state index contributed by atoms with van der Waals surface area (Å²) in [6.45, 7) is 3.78. The fourth-order valence-corrected chi connectivity index (χ4v) is 3.86. The highest BCUT2D eigenvalue weighted by Crippen LogP contribution is 2.31. The number of rotatable bonds is 7. The van der Waals surface area contributed by atoms with Gasteiger partial charge in [-0.15, -0.1) is 0 Å². The molecule has 1 amide bonds. The number of carbonyl (C=O) groups is 1. The number of aliphatic hydroxyl groups is 1. The molecule has 1 aromatic carbocycles. The highest BCUT2D eigenvalue weighted by Gasteiger charge is 2.34. The van der Waals surface area contributed by atoms with Gasteiger partial charge in [0.05, 0.1) is 6.61 Å². The Morgan fingerprint density at radius 3 is 2.75 bits per heavy atom. The van der Waals surface area contributed by atoms with Crippen LogP contribution in [0.15, 0.2) is 29.3 Å². The summed E-state index contributed by atoms with van der Waals surface area (Å²) >= 11 is 0. The second kappa shape index (κ2) is 9.89. The second-order valence-electron chi connectivity index (χ2n) is 7.72. The number of aliphatic hydroxyl groups excluding tert-OH is 1. The van der Waals surface area contributed by atoms with Crippen LogP contribution >= 0.6 is 0 Å². The first-order chi connectivity index (χ1) is 13.7. The van der Waals surface area contributed by atoms with Crippen molar-refractivity contribution in [2.24, 2.45) is 10.4 Å². The molecular formula is C21H32N4O3. The van der Waals surface area contributed by atoms with Crippen molar-refractivity contribution in [1.82, 2.24) is 10.6 Å². The Bertz CT molecular complexity index is 669. The maximum atomic E-state index is 12.1. The normalized spacial score (nSPS) is 23.1. The molecule has 7 nitrogen and oxygen atoms in total. The molecule has 2 fully saturated rings. The molecule has 3 rings (SSSR count). The van der Waals surface area contributed by atoms with Gasteiger partial charge in [0.15, 0.2) is 5.96 Å². The Morgan fingerprint density at radius 2 is 2.11 bits per heavy atom. The highest BCUT2D eigenvalue weighted by atomic mass is 16.5. The molecule has 3 N–H and O–H groups in total. The van der Waals surface area contributed by atoms with Gasteiger partial charge in [0.1, 0.15) is 0 Å². The smallest absolute Gasteiger partial charge is 0.226 e. The zero-order valence-electron chi connectivity index (χ0n) is 16.7. The van der Waals surface area contributed by atoms with Gasteiger partial charge in [-0.3, -0.25) is 9.79 Å². The summed E-state index contributed by atoms with van der Waals surface area (Å²) < 4.78 is 5.54. The minimum atomic E-state index is -0.0189. The minimum Gasteiger partial charge on any atom is -0.396 e. The third-order valence-corrected chi connectivity index (χ3v) is 5.71. The van der Waals surface area contributed by atoms with Gasteiger partial charge in [0.2, 0.25) is 5.91 Å². The largest absolute Gasteiger partial charge is 0.396 e. The van der Waals surface area contributed by atoms with Crippen molar-refractivity contribution in [3.63, 3.8) is 0 Å². The number of hydrogen-bond acceptors (Lipinski definition) is 4. The molecule has 2 saturated heterocycles. The molecule has 0 radical (unpaired) electrons. The lowest BCUT2D eigenvalue weighted by molar-refractivity contribution is -0.119. The number of carbonyl (C=O) groups excluding carboxylic acids is 1. The van der Waals surface area contributed by atoms with Gasteiger partial charge in [-0.25, -0.2) is 0 Å². The van der Waals surface area contributed by atoms with E-state index in [1.807, 2.05) is 17.0 Å². The van der Waals surface area contributed by atoms with E-state index in [9.17, 15) is 9.90 Å². The van der Waals surface area contributed by atoms with Gasteiger partial charge < -0.3 is 25.4 Å². The van der Waals surface area contributed by atoms with E-state index < -0.39 is 0 Å². The Morgan fingerprint density at radius 1 is 1.29 bits per heavy atom. The van der Waals surface area contributed by atoms with E-state index in [1.54, 1.807) is 7.05 Å². The molecule has 1 atom stereocenters. The number of amides is 1. The van der Waals surface area contributed by atoms with Crippen molar-refractivity contribution in [3.05, 3.63) is 29.8 Å². The summed E-state index contributed by atoms with van der Waals surface area (Å²) in [5.41, 5.74) is 2.09. The van der Waals surface area contributed by atoms with Gasteiger partial charge in [0.25, 0.3) is 0 Å². The Kier molecular flexibility index (Phi) is 7.28. The summed E-state index contributed by atoms with van der Waals surface area (Å²) in [5, 5.41) is 16.0. The molecular weight excluding hydrogens is 356 g/mol. The number of guanidine groups is 1. The first-order valence-electron chi connectivity index (χ1n) is 10.2. The van der Waals surface area contributed by atoms with Gasteiger partial charge in [-0.2, -0.15) is 0 Å². The predicted molar refractivity (Wildman–Crippen MR) is 110 cm³/mol. The van der Waals surface area contributed by atoms with E-state index in [0.717, 1.165) is 62.6 Å². The van der Waals surface area contributed by atoms with Crippen molar-refractivity contribution in [2.75, 3.05) is 44.9 Å². The molecule has 0 spiro atoms. The van der Waals surface area contributed by atoms with Crippen molar-refractivity contribution in [2.45, 2.75) is 38.6 Å². The summed E-state index contributed by atoms with van der Waals surface area (Å²) in [6, 6.07) is 8.14. The van der Waals surface area contributed by atoms with Crippen LogP contribution in [0.4, 0.5) is 5.69 Å². The van der Waals surface area contributed by atoms with Crippen molar-refractivity contribution in [3.8, 4) is 0 Å². The first-order valence-corrected chi connectivity index (χ1v) is 10.2. The van der Waals surface area contributed by atoms with Crippen molar-refractivity contribution >= 4 is 17.6 Å². The number of anilines is 1. The van der Waals surface area contributed by atoms with Crippen LogP contribution in [0, 0.1) is 5.41 Å². The SMILES string of the molecule is CN=C(NCc1ccc(N2CCCCC2=O)cc1)NCC1(CCO)CCOC1. The van der Waals surface area contributed by atoms with Gasteiger partial charge in [0, 0.05) is 57.4 Å².